The van der Waals surface area contributed by atoms with Crippen molar-refractivity contribution in [2.45, 2.75) is 105 Å². The minimum atomic E-state index is 0.797. The molecule has 0 spiro atoms. The summed E-state index contributed by atoms with van der Waals surface area (Å²) in [5.74, 6) is 1.63. The molecule has 0 aliphatic rings. The van der Waals surface area contributed by atoms with E-state index >= 15 is 0 Å². The van der Waals surface area contributed by atoms with Crippen molar-refractivity contribution in [3.63, 3.8) is 0 Å². The zero-order valence-corrected chi connectivity index (χ0v) is 14.8. The summed E-state index contributed by atoms with van der Waals surface area (Å²) in [6.45, 7) is 13.7. The molecule has 0 heteroatoms. The fourth-order valence-electron chi connectivity index (χ4n) is 3.16. The van der Waals surface area contributed by atoms with Crippen molar-refractivity contribution in [1.82, 2.24) is 0 Å². The van der Waals surface area contributed by atoms with Crippen LogP contribution in [0, 0.1) is 11.8 Å². The first kappa shape index (κ1) is 19.7. The summed E-state index contributed by atoms with van der Waals surface area (Å²) >= 11 is 0. The molecule has 0 fully saturated rings. The van der Waals surface area contributed by atoms with Gasteiger partial charge in [0.2, 0.25) is 0 Å². The molecule has 2 atom stereocenters. The molecule has 0 heterocycles. The molecule has 2 unspecified atom stereocenters. The number of unbranched alkanes of at least 4 members (excludes halogenated alkanes) is 5. The maximum absolute atomic E-state index is 4.44. The molecule has 0 rings (SSSR count). The highest BCUT2D eigenvalue weighted by Gasteiger charge is 2.14. The summed E-state index contributed by atoms with van der Waals surface area (Å²) in [4.78, 5) is 0. The summed E-state index contributed by atoms with van der Waals surface area (Å²) in [7, 11) is 0. The summed E-state index contributed by atoms with van der Waals surface area (Å²) in [6.07, 6.45) is 16.4. The van der Waals surface area contributed by atoms with Crippen LogP contribution in [0.2, 0.25) is 0 Å². The molecular formula is C20H40. The molecule has 0 saturated carbocycles. The third-order valence-corrected chi connectivity index (χ3v) is 4.53. The van der Waals surface area contributed by atoms with Gasteiger partial charge in [0, 0.05) is 0 Å². The second kappa shape index (κ2) is 13.7. The van der Waals surface area contributed by atoms with E-state index in [4.69, 9.17) is 0 Å². The van der Waals surface area contributed by atoms with Crippen LogP contribution in [0.25, 0.3) is 0 Å². The molecule has 0 saturated heterocycles. The average molecular weight is 281 g/mol. The van der Waals surface area contributed by atoms with Gasteiger partial charge in [-0.05, 0) is 31.1 Å². The minimum absolute atomic E-state index is 0.797. The Kier molecular flexibility index (Phi) is 13.5. The van der Waals surface area contributed by atoms with Crippen LogP contribution in [0.3, 0.4) is 0 Å². The molecule has 0 radical (unpaired) electrons. The second-order valence-electron chi connectivity index (χ2n) is 6.80. The Morgan fingerprint density at radius 1 is 0.750 bits per heavy atom. The van der Waals surface area contributed by atoms with Gasteiger partial charge in [0.1, 0.15) is 0 Å². The van der Waals surface area contributed by atoms with Crippen molar-refractivity contribution in [2.75, 3.05) is 0 Å². The van der Waals surface area contributed by atoms with Crippen molar-refractivity contribution in [3.8, 4) is 0 Å². The van der Waals surface area contributed by atoms with E-state index in [0.717, 1.165) is 11.8 Å². The quantitative estimate of drug-likeness (QED) is 0.228. The molecule has 0 aliphatic carbocycles. The average Bonchev–Trinajstić information content (AvgIpc) is 2.43. The van der Waals surface area contributed by atoms with E-state index < -0.39 is 0 Å². The van der Waals surface area contributed by atoms with E-state index in [9.17, 15) is 0 Å². The maximum Gasteiger partial charge on any atom is -0.0206 e. The SMILES string of the molecule is C=C(CC(C)CCCC)C(CCC)CCCCCCC. The highest BCUT2D eigenvalue weighted by molar-refractivity contribution is 5.01. The predicted octanol–water partition coefficient (Wildman–Crippen LogP) is 7.54. The summed E-state index contributed by atoms with van der Waals surface area (Å²) in [6, 6.07) is 0. The Hall–Kier alpha value is -0.260. The normalized spacial score (nSPS) is 14.2. The van der Waals surface area contributed by atoms with Gasteiger partial charge in [-0.2, -0.15) is 0 Å². The molecule has 0 nitrogen and oxygen atoms in total. The predicted molar refractivity (Wildman–Crippen MR) is 94.2 cm³/mol. The first-order valence-corrected chi connectivity index (χ1v) is 9.33. The lowest BCUT2D eigenvalue weighted by Gasteiger charge is -2.22. The van der Waals surface area contributed by atoms with E-state index in [1.54, 1.807) is 5.57 Å². The Bertz CT molecular complexity index is 216. The zero-order chi connectivity index (χ0) is 15.2. The largest absolute Gasteiger partial charge is 0.0996 e. The Morgan fingerprint density at radius 3 is 2.00 bits per heavy atom. The first-order chi connectivity index (χ1) is 9.65. The van der Waals surface area contributed by atoms with E-state index in [2.05, 4.69) is 34.3 Å². The molecule has 0 amide bonds. The van der Waals surface area contributed by atoms with Crippen molar-refractivity contribution >= 4 is 0 Å². The van der Waals surface area contributed by atoms with Gasteiger partial charge >= 0.3 is 0 Å². The maximum atomic E-state index is 4.44. The second-order valence-corrected chi connectivity index (χ2v) is 6.80. The fraction of sp³-hybridized carbons (Fsp3) is 0.900. The lowest BCUT2D eigenvalue weighted by molar-refractivity contribution is 0.425. The third kappa shape index (κ3) is 10.5. The molecular weight excluding hydrogens is 240 g/mol. The van der Waals surface area contributed by atoms with Gasteiger partial charge in [-0.15, -0.1) is 0 Å². The smallest absolute Gasteiger partial charge is 0.0206 e. The van der Waals surface area contributed by atoms with Crippen LogP contribution in [0.15, 0.2) is 12.2 Å². The molecule has 120 valence electrons. The van der Waals surface area contributed by atoms with Crippen LogP contribution < -0.4 is 0 Å². The zero-order valence-electron chi connectivity index (χ0n) is 14.8. The van der Waals surface area contributed by atoms with Gasteiger partial charge in [-0.25, -0.2) is 0 Å². The van der Waals surface area contributed by atoms with Crippen molar-refractivity contribution in [1.29, 1.82) is 0 Å². The van der Waals surface area contributed by atoms with E-state index in [0.29, 0.717) is 0 Å². The van der Waals surface area contributed by atoms with E-state index in [1.165, 1.54) is 77.0 Å². The van der Waals surface area contributed by atoms with Crippen LogP contribution >= 0.6 is 0 Å². The van der Waals surface area contributed by atoms with Crippen LogP contribution in [0.1, 0.15) is 105 Å². The minimum Gasteiger partial charge on any atom is -0.0996 e. The van der Waals surface area contributed by atoms with Crippen molar-refractivity contribution in [2.24, 2.45) is 11.8 Å². The van der Waals surface area contributed by atoms with Crippen LogP contribution in [-0.4, -0.2) is 0 Å². The van der Waals surface area contributed by atoms with Gasteiger partial charge in [-0.3, -0.25) is 0 Å². The number of rotatable bonds is 14. The molecule has 0 aromatic carbocycles. The lowest BCUT2D eigenvalue weighted by Crippen LogP contribution is -2.07. The van der Waals surface area contributed by atoms with Gasteiger partial charge < -0.3 is 0 Å². The number of hydrogen-bond acceptors (Lipinski definition) is 0. The standard InChI is InChI=1S/C20H40/c1-6-9-11-12-13-16-20(14-8-3)19(5)17-18(4)15-10-7-2/h18,20H,5-17H2,1-4H3. The highest BCUT2D eigenvalue weighted by Crippen LogP contribution is 2.29. The van der Waals surface area contributed by atoms with Gasteiger partial charge in [0.25, 0.3) is 0 Å². The van der Waals surface area contributed by atoms with Crippen molar-refractivity contribution in [3.05, 3.63) is 12.2 Å². The Morgan fingerprint density at radius 2 is 1.40 bits per heavy atom. The van der Waals surface area contributed by atoms with Gasteiger partial charge in [0.15, 0.2) is 0 Å². The molecule has 0 N–H and O–H groups in total. The summed E-state index contributed by atoms with van der Waals surface area (Å²) < 4.78 is 0. The number of hydrogen-bond donors (Lipinski definition) is 0. The highest BCUT2D eigenvalue weighted by atomic mass is 14.2. The van der Waals surface area contributed by atoms with E-state index in [-0.39, 0.29) is 0 Å². The Balaban J connectivity index is 3.98. The molecule has 0 aromatic rings. The molecule has 20 heavy (non-hydrogen) atoms. The van der Waals surface area contributed by atoms with E-state index in [1.807, 2.05) is 0 Å². The molecule has 0 aliphatic heterocycles. The molecule has 0 bridgehead atoms. The fourth-order valence-corrected chi connectivity index (χ4v) is 3.16. The summed E-state index contributed by atoms with van der Waals surface area (Å²) in [5, 5.41) is 0. The monoisotopic (exact) mass is 280 g/mol. The Labute approximate surface area is 129 Å². The van der Waals surface area contributed by atoms with Crippen molar-refractivity contribution < 1.29 is 0 Å². The first-order valence-electron chi connectivity index (χ1n) is 9.33. The topological polar surface area (TPSA) is 0 Å². The summed E-state index contributed by atoms with van der Waals surface area (Å²) in [5.41, 5.74) is 1.55. The number of allylic oxidation sites excluding steroid dienone is 1. The van der Waals surface area contributed by atoms with Gasteiger partial charge in [-0.1, -0.05) is 97.6 Å². The molecule has 0 aromatic heterocycles. The van der Waals surface area contributed by atoms with Crippen LogP contribution in [-0.2, 0) is 0 Å². The van der Waals surface area contributed by atoms with Gasteiger partial charge in [0.05, 0.1) is 0 Å². The lowest BCUT2D eigenvalue weighted by atomic mass is 9.84. The third-order valence-electron chi connectivity index (χ3n) is 4.53. The van der Waals surface area contributed by atoms with Crippen LogP contribution in [0.5, 0.6) is 0 Å². The van der Waals surface area contributed by atoms with Crippen LogP contribution in [0.4, 0.5) is 0 Å².